The maximum atomic E-state index is 13.1. The van der Waals surface area contributed by atoms with Crippen molar-refractivity contribution in [2.75, 3.05) is 4.90 Å². The van der Waals surface area contributed by atoms with E-state index < -0.39 is 30.1 Å². The SMILES string of the molecule is N#Cc1cc(N2C(=O)CC(=O)NC2=O)ccc1F. The number of urea groups is 1. The summed E-state index contributed by atoms with van der Waals surface area (Å²) in [5.74, 6) is -2.16. The maximum Gasteiger partial charge on any atom is 0.335 e. The van der Waals surface area contributed by atoms with E-state index in [1.165, 1.54) is 6.07 Å². The minimum atomic E-state index is -0.910. The Balaban J connectivity index is 2.43. The fourth-order valence-corrected chi connectivity index (χ4v) is 1.55. The lowest BCUT2D eigenvalue weighted by Gasteiger charge is -2.24. The number of amides is 4. The number of halogens is 1. The number of rotatable bonds is 1. The molecule has 1 heterocycles. The molecule has 6 nitrogen and oxygen atoms in total. The first-order chi connectivity index (χ1) is 8.52. The number of carbonyl (C=O) groups excluding carboxylic acids is 3. The quantitative estimate of drug-likeness (QED) is 0.738. The molecule has 0 unspecified atom stereocenters. The molecule has 1 aromatic rings. The number of nitrogens with zero attached hydrogens (tertiary/aromatic N) is 2. The number of imide groups is 2. The van der Waals surface area contributed by atoms with Crippen molar-refractivity contribution in [2.24, 2.45) is 0 Å². The predicted molar refractivity (Wildman–Crippen MR) is 56.8 cm³/mol. The molecule has 0 spiro atoms. The summed E-state index contributed by atoms with van der Waals surface area (Å²) >= 11 is 0. The van der Waals surface area contributed by atoms with Gasteiger partial charge in [-0.3, -0.25) is 14.9 Å². The highest BCUT2D eigenvalue weighted by atomic mass is 19.1. The van der Waals surface area contributed by atoms with Crippen LogP contribution in [0.2, 0.25) is 0 Å². The topological polar surface area (TPSA) is 90.3 Å². The van der Waals surface area contributed by atoms with Crippen LogP contribution in [0.5, 0.6) is 0 Å². The Morgan fingerprint density at radius 3 is 2.67 bits per heavy atom. The first-order valence-corrected chi connectivity index (χ1v) is 4.89. The summed E-state index contributed by atoms with van der Waals surface area (Å²) in [5.41, 5.74) is -0.243. The van der Waals surface area contributed by atoms with E-state index in [4.69, 9.17) is 5.26 Å². The zero-order valence-corrected chi connectivity index (χ0v) is 8.94. The molecule has 0 radical (unpaired) electrons. The van der Waals surface area contributed by atoms with E-state index in [0.29, 0.717) is 4.90 Å². The molecule has 1 aromatic carbocycles. The Bertz CT molecular complexity index is 586. The van der Waals surface area contributed by atoms with E-state index in [1.54, 1.807) is 6.07 Å². The number of benzene rings is 1. The van der Waals surface area contributed by atoms with Crippen molar-refractivity contribution in [3.05, 3.63) is 29.6 Å². The minimum Gasteiger partial charge on any atom is -0.277 e. The number of nitrogens with one attached hydrogen (secondary N) is 1. The van der Waals surface area contributed by atoms with Crippen LogP contribution in [-0.2, 0) is 9.59 Å². The van der Waals surface area contributed by atoms with E-state index in [2.05, 4.69) is 0 Å². The van der Waals surface area contributed by atoms with Crippen LogP contribution >= 0.6 is 0 Å². The Morgan fingerprint density at radius 2 is 2.06 bits per heavy atom. The standard InChI is InChI=1S/C11H6FN3O3/c12-8-2-1-7(3-6(8)5-13)15-10(17)4-9(16)14-11(15)18/h1-3H,4H2,(H,14,16,18). The van der Waals surface area contributed by atoms with Crippen LogP contribution in [0, 0.1) is 17.1 Å². The highest BCUT2D eigenvalue weighted by molar-refractivity contribution is 6.26. The molecular formula is C11H6FN3O3. The van der Waals surface area contributed by atoms with E-state index >= 15 is 0 Å². The molecule has 1 fully saturated rings. The summed E-state index contributed by atoms with van der Waals surface area (Å²) in [7, 11) is 0. The van der Waals surface area contributed by atoms with Crippen molar-refractivity contribution < 1.29 is 18.8 Å². The number of nitriles is 1. The Kier molecular flexibility index (Phi) is 2.77. The molecular weight excluding hydrogens is 241 g/mol. The van der Waals surface area contributed by atoms with Gasteiger partial charge < -0.3 is 0 Å². The average Bonchev–Trinajstić information content (AvgIpc) is 2.30. The average molecular weight is 247 g/mol. The molecule has 7 heteroatoms. The summed E-state index contributed by atoms with van der Waals surface area (Å²) in [6.07, 6.45) is -0.467. The van der Waals surface area contributed by atoms with Gasteiger partial charge >= 0.3 is 6.03 Å². The molecule has 90 valence electrons. The van der Waals surface area contributed by atoms with Crippen LogP contribution in [0.3, 0.4) is 0 Å². The van der Waals surface area contributed by atoms with Gasteiger partial charge in [-0.1, -0.05) is 0 Å². The maximum absolute atomic E-state index is 13.1. The molecule has 1 N–H and O–H groups in total. The van der Waals surface area contributed by atoms with E-state index in [-0.39, 0.29) is 11.3 Å². The lowest BCUT2D eigenvalue weighted by atomic mass is 10.1. The second-order valence-electron chi connectivity index (χ2n) is 3.54. The summed E-state index contributed by atoms with van der Waals surface area (Å²) in [6, 6.07) is 3.92. The van der Waals surface area contributed by atoms with Gasteiger partial charge in [0, 0.05) is 0 Å². The largest absolute Gasteiger partial charge is 0.335 e. The lowest BCUT2D eigenvalue weighted by Crippen LogP contribution is -2.52. The summed E-state index contributed by atoms with van der Waals surface area (Å²) in [6.45, 7) is 0. The molecule has 0 saturated carbocycles. The van der Waals surface area contributed by atoms with Gasteiger partial charge in [0.25, 0.3) is 0 Å². The molecule has 1 aliphatic rings. The number of anilines is 1. The monoisotopic (exact) mass is 247 g/mol. The van der Waals surface area contributed by atoms with Crippen LogP contribution in [0.1, 0.15) is 12.0 Å². The first kappa shape index (κ1) is 11.7. The van der Waals surface area contributed by atoms with E-state index in [1.807, 2.05) is 5.32 Å². The molecule has 0 atom stereocenters. The lowest BCUT2D eigenvalue weighted by molar-refractivity contribution is -0.128. The number of carbonyl (C=O) groups is 3. The Hall–Kier alpha value is -2.75. The molecule has 0 aliphatic carbocycles. The van der Waals surface area contributed by atoms with E-state index in [0.717, 1.165) is 12.1 Å². The third kappa shape index (κ3) is 1.91. The van der Waals surface area contributed by atoms with Gasteiger partial charge in [-0.15, -0.1) is 0 Å². The second kappa shape index (κ2) is 4.25. The summed E-state index contributed by atoms with van der Waals surface area (Å²) < 4.78 is 13.1. The Morgan fingerprint density at radius 1 is 1.33 bits per heavy atom. The fourth-order valence-electron chi connectivity index (χ4n) is 1.55. The molecule has 2 rings (SSSR count). The van der Waals surface area contributed by atoms with Gasteiger partial charge in [-0.25, -0.2) is 14.1 Å². The highest BCUT2D eigenvalue weighted by Crippen LogP contribution is 2.21. The molecule has 1 saturated heterocycles. The number of hydrogen-bond donors (Lipinski definition) is 1. The summed E-state index contributed by atoms with van der Waals surface area (Å²) in [4.78, 5) is 34.7. The second-order valence-corrected chi connectivity index (χ2v) is 3.54. The zero-order valence-electron chi connectivity index (χ0n) is 8.94. The van der Waals surface area contributed by atoms with Crippen LogP contribution in [-0.4, -0.2) is 17.8 Å². The van der Waals surface area contributed by atoms with Gasteiger partial charge in [0.1, 0.15) is 18.3 Å². The molecule has 4 amide bonds. The van der Waals surface area contributed by atoms with Crippen molar-refractivity contribution in [3.63, 3.8) is 0 Å². The van der Waals surface area contributed by atoms with E-state index in [9.17, 15) is 18.8 Å². The molecule has 1 aliphatic heterocycles. The number of hydrogen-bond acceptors (Lipinski definition) is 4. The normalized spacial score (nSPS) is 15.3. The number of barbiturate groups is 1. The predicted octanol–water partition coefficient (Wildman–Crippen LogP) is 0.670. The van der Waals surface area contributed by atoms with Crippen LogP contribution in [0.25, 0.3) is 0 Å². The fraction of sp³-hybridized carbons (Fsp3) is 0.0909. The van der Waals surface area contributed by atoms with Crippen molar-refractivity contribution in [1.82, 2.24) is 5.32 Å². The molecule has 0 aromatic heterocycles. The summed E-state index contributed by atoms with van der Waals surface area (Å²) in [5, 5.41) is 10.6. The zero-order chi connectivity index (χ0) is 13.3. The third-order valence-electron chi connectivity index (χ3n) is 2.34. The van der Waals surface area contributed by atoms with Crippen molar-refractivity contribution in [1.29, 1.82) is 5.26 Å². The van der Waals surface area contributed by atoms with Crippen LogP contribution < -0.4 is 10.2 Å². The Labute approximate surface area is 101 Å². The first-order valence-electron chi connectivity index (χ1n) is 4.89. The van der Waals surface area contributed by atoms with Gasteiger partial charge in [-0.05, 0) is 18.2 Å². The van der Waals surface area contributed by atoms with Gasteiger partial charge in [0.2, 0.25) is 11.8 Å². The van der Waals surface area contributed by atoms with Crippen molar-refractivity contribution in [3.8, 4) is 6.07 Å². The van der Waals surface area contributed by atoms with Gasteiger partial charge in [0.05, 0.1) is 11.3 Å². The van der Waals surface area contributed by atoms with Crippen LogP contribution in [0.4, 0.5) is 14.9 Å². The van der Waals surface area contributed by atoms with Crippen LogP contribution in [0.15, 0.2) is 18.2 Å². The van der Waals surface area contributed by atoms with Gasteiger partial charge in [-0.2, -0.15) is 5.26 Å². The van der Waals surface area contributed by atoms with Crippen molar-refractivity contribution in [2.45, 2.75) is 6.42 Å². The highest BCUT2D eigenvalue weighted by Gasteiger charge is 2.32. The minimum absolute atomic E-state index is 0.0444. The van der Waals surface area contributed by atoms with Crippen molar-refractivity contribution >= 4 is 23.5 Å². The smallest absolute Gasteiger partial charge is 0.277 e. The molecule has 18 heavy (non-hydrogen) atoms. The third-order valence-corrected chi connectivity index (χ3v) is 2.34. The van der Waals surface area contributed by atoms with Gasteiger partial charge in [0.15, 0.2) is 0 Å². The molecule has 0 bridgehead atoms.